The lowest BCUT2D eigenvalue weighted by atomic mass is 9.85. The minimum atomic E-state index is -0.740. The second-order valence-electron chi connectivity index (χ2n) is 7.77. The van der Waals surface area contributed by atoms with Crippen molar-refractivity contribution >= 4 is 62.5 Å². The molecule has 1 aromatic heterocycles. The Balaban J connectivity index is 1.57. The third kappa shape index (κ3) is 6.02. The number of anilines is 2. The van der Waals surface area contributed by atoms with Crippen LogP contribution in [0.3, 0.4) is 0 Å². The van der Waals surface area contributed by atoms with E-state index in [0.29, 0.717) is 44.0 Å². The molecule has 0 fully saturated rings. The number of nitrogens with one attached hydrogen (secondary N) is 3. The summed E-state index contributed by atoms with van der Waals surface area (Å²) < 4.78 is 6.53. The van der Waals surface area contributed by atoms with Crippen molar-refractivity contribution in [3.63, 3.8) is 0 Å². The number of hydrogen-bond donors (Lipinski definition) is 3. The van der Waals surface area contributed by atoms with Crippen molar-refractivity contribution in [2.45, 2.75) is 12.8 Å². The van der Waals surface area contributed by atoms with Crippen LogP contribution in [0.25, 0.3) is 0 Å². The number of rotatable bonds is 7. The predicted octanol–water partition coefficient (Wildman–Crippen LogP) is 6.40. The van der Waals surface area contributed by atoms with Gasteiger partial charge in [-0.15, -0.1) is 0 Å². The Morgan fingerprint density at radius 1 is 1.11 bits per heavy atom. The molecule has 1 aliphatic heterocycles. The molecule has 2 amide bonds. The predicted molar refractivity (Wildman–Crippen MR) is 145 cm³/mol. The average molecular weight is 584 g/mol. The molecular weight excluding hydrogens is 564 g/mol. The first kappa shape index (κ1) is 25.6. The highest BCUT2D eigenvalue weighted by Crippen LogP contribution is 2.41. The first-order valence-electron chi connectivity index (χ1n) is 10.8. The van der Waals surface area contributed by atoms with Crippen molar-refractivity contribution in [1.29, 1.82) is 5.26 Å². The number of amides is 2. The molecule has 1 aliphatic rings. The lowest BCUT2D eigenvalue weighted by molar-refractivity contribution is -0.114. The van der Waals surface area contributed by atoms with E-state index < -0.39 is 5.92 Å². The third-order valence-corrected chi connectivity index (χ3v) is 7.10. The van der Waals surface area contributed by atoms with E-state index >= 15 is 0 Å². The summed E-state index contributed by atoms with van der Waals surface area (Å²) in [5.74, 6) is -0.833. The number of dihydropyridines is 1. The quantitative estimate of drug-likeness (QED) is 0.297. The Morgan fingerprint density at radius 3 is 2.42 bits per heavy atom. The molecule has 0 bridgehead atoms. The van der Waals surface area contributed by atoms with Crippen LogP contribution < -0.4 is 16.0 Å². The lowest BCUT2D eigenvalue weighted by Gasteiger charge is -2.28. The smallest absolute Gasteiger partial charge is 0.254 e. The fourth-order valence-corrected chi connectivity index (χ4v) is 4.95. The normalized spacial score (nSPS) is 15.2. The van der Waals surface area contributed by atoms with Crippen LogP contribution in [0.4, 0.5) is 11.4 Å². The largest absolute Gasteiger partial charge is 0.468 e. The summed E-state index contributed by atoms with van der Waals surface area (Å²) in [4.78, 5) is 25.9. The third-order valence-electron chi connectivity index (χ3n) is 5.30. The van der Waals surface area contributed by atoms with Gasteiger partial charge in [0.15, 0.2) is 0 Å². The number of halogens is 2. The lowest BCUT2D eigenvalue weighted by Crippen LogP contribution is -2.31. The van der Waals surface area contributed by atoms with Gasteiger partial charge in [-0.3, -0.25) is 9.59 Å². The van der Waals surface area contributed by atoms with Crippen LogP contribution in [0.15, 0.2) is 97.7 Å². The monoisotopic (exact) mass is 582 g/mol. The van der Waals surface area contributed by atoms with Crippen molar-refractivity contribution in [2.75, 3.05) is 16.4 Å². The fourth-order valence-electron chi connectivity index (χ4n) is 3.67. The molecule has 0 saturated heterocycles. The maximum atomic E-state index is 13.3. The summed E-state index contributed by atoms with van der Waals surface area (Å²) in [6, 6.07) is 19.6. The first-order valence-corrected chi connectivity index (χ1v) is 12.9. The number of hydrogen-bond acceptors (Lipinski definition) is 6. The van der Waals surface area contributed by atoms with E-state index in [-0.39, 0.29) is 17.6 Å². The molecule has 7 nitrogen and oxygen atoms in total. The van der Waals surface area contributed by atoms with Gasteiger partial charge in [0.2, 0.25) is 5.91 Å². The number of benzene rings is 2. The van der Waals surface area contributed by atoms with E-state index in [1.165, 1.54) is 18.0 Å². The molecule has 182 valence electrons. The van der Waals surface area contributed by atoms with Gasteiger partial charge in [0, 0.05) is 26.6 Å². The van der Waals surface area contributed by atoms with Crippen LogP contribution in [0, 0.1) is 11.3 Å². The van der Waals surface area contributed by atoms with E-state index in [1.807, 2.05) is 12.1 Å². The molecule has 36 heavy (non-hydrogen) atoms. The zero-order valence-electron chi connectivity index (χ0n) is 19.0. The molecule has 0 saturated carbocycles. The maximum absolute atomic E-state index is 13.3. The van der Waals surface area contributed by atoms with Gasteiger partial charge in [-0.2, -0.15) is 5.26 Å². The Labute approximate surface area is 225 Å². The average Bonchev–Trinajstić information content (AvgIpc) is 3.39. The van der Waals surface area contributed by atoms with Gasteiger partial charge >= 0.3 is 0 Å². The summed E-state index contributed by atoms with van der Waals surface area (Å²) in [7, 11) is 0. The van der Waals surface area contributed by atoms with Crippen LogP contribution in [-0.4, -0.2) is 17.6 Å². The van der Waals surface area contributed by atoms with Gasteiger partial charge in [0.25, 0.3) is 5.91 Å². The number of carbonyl (C=O) groups is 2. The topological polar surface area (TPSA) is 107 Å². The van der Waals surface area contributed by atoms with Gasteiger partial charge in [0.05, 0.1) is 40.2 Å². The molecular formula is C26H20BrClN4O3S. The number of furan rings is 1. The summed E-state index contributed by atoms with van der Waals surface area (Å²) in [6.45, 7) is 1.75. The van der Waals surface area contributed by atoms with Crippen LogP contribution in [0.1, 0.15) is 18.6 Å². The van der Waals surface area contributed by atoms with E-state index in [0.717, 1.165) is 4.47 Å². The van der Waals surface area contributed by atoms with Crippen molar-refractivity contribution in [3.05, 3.63) is 104 Å². The fraction of sp³-hybridized carbons (Fsp3) is 0.115. The number of thioether (sulfide) groups is 1. The highest BCUT2D eigenvalue weighted by atomic mass is 79.9. The summed E-state index contributed by atoms with van der Waals surface area (Å²) in [6.07, 6.45) is 1.49. The van der Waals surface area contributed by atoms with Crippen molar-refractivity contribution in [2.24, 2.45) is 0 Å². The van der Waals surface area contributed by atoms with Crippen LogP contribution >= 0.6 is 39.3 Å². The number of nitriles is 1. The molecule has 0 unspecified atom stereocenters. The molecule has 0 spiro atoms. The van der Waals surface area contributed by atoms with Gasteiger partial charge in [-0.1, -0.05) is 39.3 Å². The van der Waals surface area contributed by atoms with E-state index in [4.69, 9.17) is 16.0 Å². The van der Waals surface area contributed by atoms with Crippen LogP contribution in [0.2, 0.25) is 5.02 Å². The van der Waals surface area contributed by atoms with Gasteiger partial charge in [0.1, 0.15) is 5.76 Å². The molecule has 2 heterocycles. The van der Waals surface area contributed by atoms with Crippen molar-refractivity contribution in [3.8, 4) is 6.07 Å². The molecule has 3 aromatic rings. The van der Waals surface area contributed by atoms with Gasteiger partial charge in [-0.25, -0.2) is 0 Å². The minimum absolute atomic E-state index is 0.0635. The van der Waals surface area contributed by atoms with Gasteiger partial charge < -0.3 is 20.4 Å². The minimum Gasteiger partial charge on any atom is -0.468 e. The number of carbonyl (C=O) groups excluding carboxylic acids is 2. The Hall–Kier alpha value is -3.45. The number of nitrogens with zero attached hydrogens (tertiary/aromatic N) is 1. The summed E-state index contributed by atoms with van der Waals surface area (Å²) >= 11 is 10.5. The molecule has 3 N–H and O–H groups in total. The Kier molecular flexibility index (Phi) is 8.21. The highest BCUT2D eigenvalue weighted by Gasteiger charge is 2.36. The van der Waals surface area contributed by atoms with E-state index in [2.05, 4.69) is 37.9 Å². The molecule has 10 heteroatoms. The molecule has 4 rings (SSSR count). The zero-order chi connectivity index (χ0) is 25.7. The summed E-state index contributed by atoms with van der Waals surface area (Å²) in [5, 5.41) is 20.0. The molecule has 1 atom stereocenters. The molecule has 0 aliphatic carbocycles. The van der Waals surface area contributed by atoms with Crippen LogP contribution in [0.5, 0.6) is 0 Å². The molecule has 0 radical (unpaired) electrons. The van der Waals surface area contributed by atoms with Crippen molar-refractivity contribution < 1.29 is 14.0 Å². The number of allylic oxidation sites excluding steroid dienone is 2. The second-order valence-corrected chi connectivity index (χ2v) is 10.1. The second kappa shape index (κ2) is 11.5. The Bertz CT molecular complexity index is 1380. The Morgan fingerprint density at radius 2 is 1.78 bits per heavy atom. The molecule has 2 aromatic carbocycles. The van der Waals surface area contributed by atoms with E-state index in [1.54, 1.807) is 55.5 Å². The SMILES string of the molecule is CC1=C(C(=O)Nc2ccc(Cl)cc2)[C@@H](c2ccco2)C(C#N)=C(SCC(=O)Nc2ccc(Br)cc2)N1. The van der Waals surface area contributed by atoms with Crippen molar-refractivity contribution in [1.82, 2.24) is 5.32 Å². The van der Waals surface area contributed by atoms with E-state index in [9.17, 15) is 14.9 Å². The summed E-state index contributed by atoms with van der Waals surface area (Å²) in [5.41, 5.74) is 2.42. The zero-order valence-corrected chi connectivity index (χ0v) is 22.1. The maximum Gasteiger partial charge on any atom is 0.254 e. The van der Waals surface area contributed by atoms with Gasteiger partial charge in [-0.05, 0) is 67.6 Å². The van der Waals surface area contributed by atoms with Crippen LogP contribution in [-0.2, 0) is 9.59 Å². The first-order chi connectivity index (χ1) is 17.4. The highest BCUT2D eigenvalue weighted by molar-refractivity contribution is 9.10. The standard InChI is InChI=1S/C26H20BrClN4O3S/c1-15-23(25(34)32-19-10-6-17(28)7-11-19)24(21-3-2-12-35-21)20(13-29)26(30-15)36-14-22(33)31-18-8-4-16(27)5-9-18/h2-12,24,30H,14H2,1H3,(H,31,33)(H,32,34)/t24-/m1/s1.